The first-order valence-corrected chi connectivity index (χ1v) is 5.78. The number of carbonyl (C=O) groups excluding carboxylic acids is 1. The van der Waals surface area contributed by atoms with E-state index in [2.05, 4.69) is 5.32 Å². The molecule has 6 heteroatoms. The average Bonchev–Trinajstić information content (AvgIpc) is 2.39. The van der Waals surface area contributed by atoms with Gasteiger partial charge in [-0.05, 0) is 24.6 Å². The fourth-order valence-electron chi connectivity index (χ4n) is 1.71. The largest absolute Gasteiger partial charge is 0.497 e. The van der Waals surface area contributed by atoms with Gasteiger partial charge in [-0.25, -0.2) is 4.79 Å². The van der Waals surface area contributed by atoms with Crippen LogP contribution in [-0.4, -0.2) is 37.3 Å². The van der Waals surface area contributed by atoms with E-state index in [9.17, 15) is 9.59 Å². The van der Waals surface area contributed by atoms with E-state index in [1.54, 1.807) is 6.07 Å². The predicted molar refractivity (Wildman–Crippen MR) is 70.1 cm³/mol. The van der Waals surface area contributed by atoms with Crippen LogP contribution in [0.15, 0.2) is 18.2 Å². The van der Waals surface area contributed by atoms with Crippen LogP contribution >= 0.6 is 0 Å². The lowest BCUT2D eigenvalue weighted by Gasteiger charge is -2.15. The Kier molecular flexibility index (Phi) is 5.32. The fourth-order valence-corrected chi connectivity index (χ4v) is 1.71. The number of rotatable bonds is 6. The van der Waals surface area contributed by atoms with E-state index in [0.29, 0.717) is 12.2 Å². The zero-order valence-corrected chi connectivity index (χ0v) is 11.1. The first kappa shape index (κ1) is 15.0. The van der Waals surface area contributed by atoms with Gasteiger partial charge >= 0.3 is 6.09 Å². The van der Waals surface area contributed by atoms with E-state index in [-0.39, 0.29) is 17.0 Å². The van der Waals surface area contributed by atoms with Crippen molar-refractivity contribution < 1.29 is 24.2 Å². The summed E-state index contributed by atoms with van der Waals surface area (Å²) in [5, 5.41) is 11.0. The molecule has 0 aliphatic carbocycles. The zero-order valence-electron chi connectivity index (χ0n) is 11.1. The topological polar surface area (TPSA) is 84.9 Å². The quantitative estimate of drug-likeness (QED) is 0.773. The molecule has 0 spiro atoms. The van der Waals surface area contributed by atoms with E-state index in [0.717, 1.165) is 0 Å². The van der Waals surface area contributed by atoms with Crippen LogP contribution < -0.4 is 10.1 Å². The SMILES string of the molecule is CCC(OC)C(=O)c1cc(OC)ccc1NC(=O)O. The number of hydrogen-bond donors (Lipinski definition) is 2. The van der Waals surface area contributed by atoms with Gasteiger partial charge < -0.3 is 14.6 Å². The Morgan fingerprint density at radius 3 is 2.53 bits per heavy atom. The summed E-state index contributed by atoms with van der Waals surface area (Å²) in [5.74, 6) is 0.192. The zero-order chi connectivity index (χ0) is 14.4. The summed E-state index contributed by atoms with van der Waals surface area (Å²) in [5.41, 5.74) is 0.448. The molecule has 0 saturated carbocycles. The molecule has 0 aromatic heterocycles. The number of ketones is 1. The van der Waals surface area contributed by atoms with Crippen LogP contribution in [0.25, 0.3) is 0 Å². The number of ether oxygens (including phenoxy) is 2. The van der Waals surface area contributed by atoms with Gasteiger partial charge in [0.15, 0.2) is 5.78 Å². The lowest BCUT2D eigenvalue weighted by atomic mass is 10.0. The van der Waals surface area contributed by atoms with Crippen LogP contribution in [0.4, 0.5) is 10.5 Å². The monoisotopic (exact) mass is 267 g/mol. The van der Waals surface area contributed by atoms with Gasteiger partial charge in [0.2, 0.25) is 0 Å². The molecule has 0 aliphatic heterocycles. The number of carboxylic acid groups (broad SMARTS) is 1. The summed E-state index contributed by atoms with van der Waals surface area (Å²) in [6, 6.07) is 4.56. The van der Waals surface area contributed by atoms with Crippen molar-refractivity contribution in [3.8, 4) is 5.75 Å². The molecule has 0 radical (unpaired) electrons. The summed E-state index contributed by atoms with van der Waals surface area (Å²) in [6.45, 7) is 1.82. The van der Waals surface area contributed by atoms with Crippen molar-refractivity contribution in [2.75, 3.05) is 19.5 Å². The number of methoxy groups -OCH3 is 2. The minimum Gasteiger partial charge on any atom is -0.497 e. The number of benzene rings is 1. The molecule has 2 N–H and O–H groups in total. The molecule has 0 bridgehead atoms. The van der Waals surface area contributed by atoms with Crippen molar-refractivity contribution in [3.05, 3.63) is 23.8 Å². The smallest absolute Gasteiger partial charge is 0.409 e. The van der Waals surface area contributed by atoms with Crippen LogP contribution in [0.1, 0.15) is 23.7 Å². The Balaban J connectivity index is 3.20. The highest BCUT2D eigenvalue weighted by Gasteiger charge is 2.22. The van der Waals surface area contributed by atoms with Crippen molar-refractivity contribution in [1.82, 2.24) is 0 Å². The number of nitrogens with one attached hydrogen (secondary N) is 1. The Morgan fingerprint density at radius 1 is 1.37 bits per heavy atom. The van der Waals surface area contributed by atoms with Gasteiger partial charge in [0.05, 0.1) is 12.8 Å². The van der Waals surface area contributed by atoms with Crippen LogP contribution in [0.5, 0.6) is 5.75 Å². The van der Waals surface area contributed by atoms with E-state index in [4.69, 9.17) is 14.6 Å². The van der Waals surface area contributed by atoms with Crippen molar-refractivity contribution >= 4 is 17.6 Å². The minimum absolute atomic E-state index is 0.216. The van der Waals surface area contributed by atoms with Gasteiger partial charge in [0, 0.05) is 12.7 Å². The Morgan fingerprint density at radius 2 is 2.05 bits per heavy atom. The normalized spacial score (nSPS) is 11.7. The van der Waals surface area contributed by atoms with Gasteiger partial charge in [-0.15, -0.1) is 0 Å². The van der Waals surface area contributed by atoms with E-state index >= 15 is 0 Å². The lowest BCUT2D eigenvalue weighted by Crippen LogP contribution is -2.24. The molecule has 0 saturated heterocycles. The second-order valence-corrected chi connectivity index (χ2v) is 3.84. The molecular weight excluding hydrogens is 250 g/mol. The number of amides is 1. The molecule has 19 heavy (non-hydrogen) atoms. The van der Waals surface area contributed by atoms with Crippen LogP contribution in [0, 0.1) is 0 Å². The predicted octanol–water partition coefficient (Wildman–Crippen LogP) is 2.39. The molecular formula is C13H17NO5. The highest BCUT2D eigenvalue weighted by atomic mass is 16.5. The van der Waals surface area contributed by atoms with Gasteiger partial charge in [-0.3, -0.25) is 10.1 Å². The molecule has 0 heterocycles. The maximum absolute atomic E-state index is 12.3. The third-order valence-corrected chi connectivity index (χ3v) is 2.68. The molecule has 1 aromatic carbocycles. The molecule has 1 aromatic rings. The number of carbonyl (C=O) groups is 2. The molecule has 0 aliphatic rings. The van der Waals surface area contributed by atoms with Gasteiger partial charge in [-0.2, -0.15) is 0 Å². The van der Waals surface area contributed by atoms with E-state index in [1.807, 2.05) is 6.92 Å². The maximum Gasteiger partial charge on any atom is 0.409 e. The second-order valence-electron chi connectivity index (χ2n) is 3.84. The number of hydrogen-bond acceptors (Lipinski definition) is 4. The van der Waals surface area contributed by atoms with Gasteiger partial charge in [0.25, 0.3) is 0 Å². The molecule has 0 fully saturated rings. The summed E-state index contributed by atoms with van der Waals surface area (Å²) in [6.07, 6.45) is -1.34. The van der Waals surface area contributed by atoms with Gasteiger partial charge in [-0.1, -0.05) is 6.92 Å². The Hall–Kier alpha value is -2.08. The van der Waals surface area contributed by atoms with Crippen molar-refractivity contribution in [2.45, 2.75) is 19.4 Å². The van der Waals surface area contributed by atoms with Crippen LogP contribution in [0.2, 0.25) is 0 Å². The lowest BCUT2D eigenvalue weighted by molar-refractivity contribution is 0.0596. The summed E-state index contributed by atoms with van der Waals surface area (Å²) in [7, 11) is 2.91. The molecule has 1 rings (SSSR count). The average molecular weight is 267 g/mol. The Labute approximate surface area is 111 Å². The first-order chi connectivity index (χ1) is 9.03. The van der Waals surface area contributed by atoms with Crippen LogP contribution in [-0.2, 0) is 4.74 Å². The summed E-state index contributed by atoms with van der Waals surface area (Å²) < 4.78 is 10.1. The van der Waals surface area contributed by atoms with Crippen molar-refractivity contribution in [1.29, 1.82) is 0 Å². The molecule has 6 nitrogen and oxygen atoms in total. The maximum atomic E-state index is 12.3. The minimum atomic E-state index is -1.23. The van der Waals surface area contributed by atoms with Crippen molar-refractivity contribution in [3.63, 3.8) is 0 Å². The first-order valence-electron chi connectivity index (χ1n) is 5.78. The summed E-state index contributed by atoms with van der Waals surface area (Å²) in [4.78, 5) is 23.0. The van der Waals surface area contributed by atoms with Gasteiger partial charge in [0.1, 0.15) is 11.9 Å². The highest BCUT2D eigenvalue weighted by Crippen LogP contribution is 2.24. The number of Topliss-reactive ketones (excluding diaryl/α,β-unsaturated/α-hetero) is 1. The molecule has 1 atom stereocenters. The fraction of sp³-hybridized carbons (Fsp3) is 0.385. The van der Waals surface area contributed by atoms with E-state index < -0.39 is 12.2 Å². The molecule has 1 amide bonds. The highest BCUT2D eigenvalue weighted by molar-refractivity contribution is 6.06. The van der Waals surface area contributed by atoms with E-state index in [1.165, 1.54) is 26.4 Å². The van der Waals surface area contributed by atoms with Crippen molar-refractivity contribution in [2.24, 2.45) is 0 Å². The second kappa shape index (κ2) is 6.75. The molecule has 1 unspecified atom stereocenters. The van der Waals surface area contributed by atoms with Crippen LogP contribution in [0.3, 0.4) is 0 Å². The third kappa shape index (κ3) is 3.69. The standard InChI is InChI=1S/C13H17NO5/c1-4-11(19-3)12(15)9-7-8(18-2)5-6-10(9)14-13(16)17/h5-7,11,14H,4H2,1-3H3,(H,16,17). The Bertz CT molecular complexity index is 468. The molecule has 104 valence electrons. The summed E-state index contributed by atoms with van der Waals surface area (Å²) >= 11 is 0. The number of anilines is 1. The third-order valence-electron chi connectivity index (χ3n) is 2.68.